The summed E-state index contributed by atoms with van der Waals surface area (Å²) >= 11 is 6.23. The van der Waals surface area contributed by atoms with Crippen LogP contribution in [-0.4, -0.2) is 39.5 Å². The van der Waals surface area contributed by atoms with Gasteiger partial charge in [-0.15, -0.1) is 0 Å². The van der Waals surface area contributed by atoms with E-state index in [-0.39, 0.29) is 5.54 Å². The monoisotopic (exact) mass is 315 g/mol. The Morgan fingerprint density at radius 2 is 1.67 bits per heavy atom. The molecule has 0 aliphatic heterocycles. The Kier molecular flexibility index (Phi) is 7.29. The molecular formula is C16H26ClNO3. The summed E-state index contributed by atoms with van der Waals surface area (Å²) in [5.41, 5.74) is 1.12. The zero-order valence-corrected chi connectivity index (χ0v) is 14.3. The molecule has 5 heteroatoms. The number of nitrogens with one attached hydrogen (secondary N) is 1. The molecule has 0 saturated heterocycles. The van der Waals surface area contributed by atoms with Crippen LogP contribution >= 0.6 is 11.6 Å². The van der Waals surface area contributed by atoms with Crippen molar-refractivity contribution in [3.63, 3.8) is 0 Å². The van der Waals surface area contributed by atoms with Crippen LogP contribution in [0.1, 0.15) is 26.3 Å². The normalized spacial score (nSPS) is 11.5. The van der Waals surface area contributed by atoms with Crippen molar-refractivity contribution in [1.29, 1.82) is 0 Å². The average molecular weight is 316 g/mol. The number of benzene rings is 1. The van der Waals surface area contributed by atoms with E-state index >= 15 is 0 Å². The minimum absolute atomic E-state index is 0.121. The fraction of sp³-hybridized carbons (Fsp3) is 0.625. The second-order valence-electron chi connectivity index (χ2n) is 5.84. The Hall–Kier alpha value is -0.970. The number of halogens is 1. The quantitative estimate of drug-likeness (QED) is 0.747. The maximum atomic E-state index is 6.23. The first-order valence-corrected chi connectivity index (χ1v) is 7.48. The predicted molar refractivity (Wildman–Crippen MR) is 86.8 cm³/mol. The van der Waals surface area contributed by atoms with Gasteiger partial charge in [-0.2, -0.15) is 0 Å². The molecule has 1 aromatic rings. The minimum atomic E-state index is 0.121. The van der Waals surface area contributed by atoms with Gasteiger partial charge in [-0.3, -0.25) is 0 Å². The van der Waals surface area contributed by atoms with Gasteiger partial charge in [0.25, 0.3) is 0 Å². The van der Waals surface area contributed by atoms with E-state index in [1.54, 1.807) is 20.3 Å². The smallest absolute Gasteiger partial charge is 0.162 e. The summed E-state index contributed by atoms with van der Waals surface area (Å²) < 4.78 is 16.1. The van der Waals surface area contributed by atoms with Crippen LogP contribution in [0.25, 0.3) is 0 Å². The largest absolute Gasteiger partial charge is 0.493 e. The van der Waals surface area contributed by atoms with E-state index in [2.05, 4.69) is 26.1 Å². The van der Waals surface area contributed by atoms with Gasteiger partial charge in [-0.25, -0.2) is 0 Å². The third-order valence-electron chi connectivity index (χ3n) is 2.97. The molecule has 21 heavy (non-hydrogen) atoms. The maximum Gasteiger partial charge on any atom is 0.162 e. The molecule has 0 aromatic heterocycles. The highest BCUT2D eigenvalue weighted by molar-refractivity contribution is 6.31. The number of rotatable bonds is 8. The molecule has 0 saturated carbocycles. The van der Waals surface area contributed by atoms with Gasteiger partial charge in [0.1, 0.15) is 0 Å². The van der Waals surface area contributed by atoms with Crippen molar-refractivity contribution in [1.82, 2.24) is 5.32 Å². The molecule has 1 rings (SSSR count). The molecule has 0 bridgehead atoms. The van der Waals surface area contributed by atoms with E-state index in [0.717, 1.165) is 18.5 Å². The van der Waals surface area contributed by atoms with E-state index in [0.29, 0.717) is 29.7 Å². The van der Waals surface area contributed by atoms with E-state index in [1.807, 2.05) is 6.07 Å². The zero-order chi connectivity index (χ0) is 15.9. The van der Waals surface area contributed by atoms with Crippen LogP contribution in [0.5, 0.6) is 11.5 Å². The molecule has 0 atom stereocenters. The van der Waals surface area contributed by atoms with Crippen LogP contribution in [0, 0.1) is 0 Å². The predicted octanol–water partition coefficient (Wildman–Crippen LogP) is 3.30. The molecule has 1 aromatic carbocycles. The summed E-state index contributed by atoms with van der Waals surface area (Å²) in [4.78, 5) is 0. The Morgan fingerprint density at radius 3 is 2.24 bits per heavy atom. The highest BCUT2D eigenvalue weighted by Gasteiger charge is 2.10. The van der Waals surface area contributed by atoms with Crippen molar-refractivity contribution in [3.05, 3.63) is 22.7 Å². The summed E-state index contributed by atoms with van der Waals surface area (Å²) in [6, 6.07) is 3.68. The van der Waals surface area contributed by atoms with Gasteiger partial charge >= 0.3 is 0 Å². The van der Waals surface area contributed by atoms with Crippen LogP contribution in [-0.2, 0) is 11.2 Å². The molecule has 1 N–H and O–H groups in total. The summed E-state index contributed by atoms with van der Waals surface area (Å²) in [7, 11) is 3.21. The highest BCUT2D eigenvalue weighted by Crippen LogP contribution is 2.33. The second kappa shape index (κ2) is 8.47. The molecule has 0 fully saturated rings. The lowest BCUT2D eigenvalue weighted by Crippen LogP contribution is -2.38. The van der Waals surface area contributed by atoms with Crippen LogP contribution in [0.4, 0.5) is 0 Å². The van der Waals surface area contributed by atoms with Crippen LogP contribution < -0.4 is 14.8 Å². The maximum absolute atomic E-state index is 6.23. The van der Waals surface area contributed by atoms with Gasteiger partial charge in [0.15, 0.2) is 11.5 Å². The summed E-state index contributed by atoms with van der Waals surface area (Å²) in [5, 5.41) is 4.05. The molecule has 120 valence electrons. The SMILES string of the molecule is COc1cc(Cl)c(CCOCCNC(C)(C)C)cc1OC. The van der Waals surface area contributed by atoms with Crippen LogP contribution in [0.3, 0.4) is 0 Å². The topological polar surface area (TPSA) is 39.7 Å². The standard InChI is InChI=1S/C16H26ClNO3/c1-16(2,3)18-7-9-21-8-6-12-10-14(19-4)15(20-5)11-13(12)17/h10-11,18H,6-9H2,1-5H3. The van der Waals surface area contributed by atoms with Gasteiger partial charge in [0.05, 0.1) is 27.4 Å². The molecule has 0 amide bonds. The number of methoxy groups -OCH3 is 2. The van der Waals surface area contributed by atoms with Crippen LogP contribution in [0.15, 0.2) is 12.1 Å². The fourth-order valence-electron chi connectivity index (χ4n) is 1.87. The third kappa shape index (κ3) is 6.55. The average Bonchev–Trinajstić information content (AvgIpc) is 2.42. The molecule has 0 aliphatic rings. The van der Waals surface area contributed by atoms with Crippen molar-refractivity contribution in [2.24, 2.45) is 0 Å². The Morgan fingerprint density at radius 1 is 1.05 bits per heavy atom. The summed E-state index contributed by atoms with van der Waals surface area (Å²) in [6.45, 7) is 8.55. The van der Waals surface area contributed by atoms with Gasteiger partial charge in [0, 0.05) is 23.2 Å². The summed E-state index contributed by atoms with van der Waals surface area (Å²) in [6.07, 6.45) is 0.745. The highest BCUT2D eigenvalue weighted by atomic mass is 35.5. The lowest BCUT2D eigenvalue weighted by Gasteiger charge is -2.20. The van der Waals surface area contributed by atoms with Crippen LogP contribution in [0.2, 0.25) is 5.02 Å². The summed E-state index contributed by atoms with van der Waals surface area (Å²) in [5.74, 6) is 1.33. The third-order valence-corrected chi connectivity index (χ3v) is 3.32. The Balaban J connectivity index is 2.42. The minimum Gasteiger partial charge on any atom is -0.493 e. The molecule has 0 unspecified atom stereocenters. The van der Waals surface area contributed by atoms with E-state index < -0.39 is 0 Å². The van der Waals surface area contributed by atoms with Crippen molar-refractivity contribution < 1.29 is 14.2 Å². The molecule has 4 nitrogen and oxygen atoms in total. The van der Waals surface area contributed by atoms with E-state index in [1.165, 1.54) is 0 Å². The van der Waals surface area contributed by atoms with Gasteiger partial charge in [-0.1, -0.05) is 11.6 Å². The van der Waals surface area contributed by atoms with Gasteiger partial charge < -0.3 is 19.5 Å². The first kappa shape index (κ1) is 18.1. The van der Waals surface area contributed by atoms with Crippen molar-refractivity contribution in [2.75, 3.05) is 34.0 Å². The van der Waals surface area contributed by atoms with Crippen molar-refractivity contribution in [2.45, 2.75) is 32.7 Å². The second-order valence-corrected chi connectivity index (χ2v) is 6.24. The van der Waals surface area contributed by atoms with E-state index in [4.69, 9.17) is 25.8 Å². The fourth-order valence-corrected chi connectivity index (χ4v) is 2.12. The Labute approximate surface area is 132 Å². The van der Waals surface area contributed by atoms with Crippen molar-refractivity contribution in [3.8, 4) is 11.5 Å². The molecule has 0 heterocycles. The first-order chi connectivity index (χ1) is 9.87. The molecule has 0 aliphatic carbocycles. The zero-order valence-electron chi connectivity index (χ0n) is 13.6. The first-order valence-electron chi connectivity index (χ1n) is 7.10. The van der Waals surface area contributed by atoms with E-state index in [9.17, 15) is 0 Å². The molecule has 0 radical (unpaired) electrons. The van der Waals surface area contributed by atoms with Crippen molar-refractivity contribution >= 4 is 11.6 Å². The van der Waals surface area contributed by atoms with Gasteiger partial charge in [-0.05, 0) is 38.8 Å². The lowest BCUT2D eigenvalue weighted by molar-refractivity contribution is 0.133. The number of hydrogen-bond donors (Lipinski definition) is 1. The number of hydrogen-bond acceptors (Lipinski definition) is 4. The number of ether oxygens (including phenoxy) is 3. The molecular weight excluding hydrogens is 290 g/mol. The Bertz CT molecular complexity index is 444. The van der Waals surface area contributed by atoms with Gasteiger partial charge in [0.2, 0.25) is 0 Å². The lowest BCUT2D eigenvalue weighted by atomic mass is 10.1. The molecule has 0 spiro atoms.